The molecule has 0 fully saturated rings. The molecule has 36 heavy (non-hydrogen) atoms. The summed E-state index contributed by atoms with van der Waals surface area (Å²) in [5, 5.41) is 1.58. The second-order valence-electron chi connectivity index (χ2n) is 8.16. The SMILES string of the molecule is NC(=O)c1cccc2c1c1[c]cc(-c3c(Cl)cccc3Cl)cc1n2Cc1c(F)cccc1C(F)(F)F. The highest BCUT2D eigenvalue weighted by Gasteiger charge is 2.35. The van der Waals surface area contributed by atoms with Crippen molar-refractivity contribution in [2.75, 3.05) is 0 Å². The van der Waals surface area contributed by atoms with Crippen molar-refractivity contribution in [2.24, 2.45) is 5.73 Å². The van der Waals surface area contributed by atoms with Crippen LogP contribution in [0.5, 0.6) is 0 Å². The lowest BCUT2D eigenvalue weighted by Crippen LogP contribution is -2.14. The van der Waals surface area contributed by atoms with Gasteiger partial charge in [-0.25, -0.2) is 4.39 Å². The predicted molar refractivity (Wildman–Crippen MR) is 133 cm³/mol. The average Bonchev–Trinajstić information content (AvgIpc) is 3.12. The second kappa shape index (κ2) is 8.84. The van der Waals surface area contributed by atoms with Gasteiger partial charge in [-0.05, 0) is 60.2 Å². The number of rotatable bonds is 4. The molecule has 1 radical (unpaired) electrons. The van der Waals surface area contributed by atoms with E-state index in [0.29, 0.717) is 43.0 Å². The number of hydrogen-bond acceptors (Lipinski definition) is 1. The molecule has 0 aliphatic rings. The van der Waals surface area contributed by atoms with Gasteiger partial charge in [0.25, 0.3) is 0 Å². The number of nitrogens with two attached hydrogens (primary N) is 1. The number of amides is 1. The summed E-state index contributed by atoms with van der Waals surface area (Å²) < 4.78 is 57.6. The summed E-state index contributed by atoms with van der Waals surface area (Å²) in [6.07, 6.45) is -4.77. The highest BCUT2D eigenvalue weighted by Crippen LogP contribution is 2.40. The van der Waals surface area contributed by atoms with Crippen molar-refractivity contribution in [1.82, 2.24) is 4.57 Å². The number of halogens is 6. The smallest absolute Gasteiger partial charge is 0.366 e. The first-order valence-electron chi connectivity index (χ1n) is 10.6. The molecule has 0 atom stereocenters. The van der Waals surface area contributed by atoms with Crippen LogP contribution in [0.3, 0.4) is 0 Å². The molecule has 0 aliphatic carbocycles. The van der Waals surface area contributed by atoms with Gasteiger partial charge in [0.2, 0.25) is 5.91 Å². The van der Waals surface area contributed by atoms with Gasteiger partial charge in [-0.1, -0.05) is 41.4 Å². The number of hydrogen-bond donors (Lipinski definition) is 1. The molecule has 1 heterocycles. The molecule has 5 aromatic rings. The molecular formula is C27H15Cl2F4N2O. The average molecular weight is 530 g/mol. The molecule has 0 aliphatic heterocycles. The Morgan fingerprint density at radius 3 is 2.31 bits per heavy atom. The first-order chi connectivity index (χ1) is 17.1. The van der Waals surface area contributed by atoms with E-state index in [1.54, 1.807) is 42.5 Å². The molecule has 0 spiro atoms. The molecule has 0 saturated carbocycles. The van der Waals surface area contributed by atoms with E-state index in [2.05, 4.69) is 6.07 Å². The van der Waals surface area contributed by atoms with E-state index in [0.717, 1.165) is 18.2 Å². The summed E-state index contributed by atoms with van der Waals surface area (Å²) >= 11 is 12.8. The highest BCUT2D eigenvalue weighted by molar-refractivity contribution is 6.39. The third-order valence-electron chi connectivity index (χ3n) is 6.05. The van der Waals surface area contributed by atoms with Crippen LogP contribution < -0.4 is 5.73 Å². The Kier molecular flexibility index (Phi) is 5.93. The second-order valence-corrected chi connectivity index (χ2v) is 8.97. The minimum absolute atomic E-state index is 0.167. The normalized spacial score (nSPS) is 11.9. The van der Waals surface area contributed by atoms with E-state index in [4.69, 9.17) is 28.9 Å². The third-order valence-corrected chi connectivity index (χ3v) is 6.68. The number of carbonyl (C=O) groups excluding carboxylic acids is 1. The monoisotopic (exact) mass is 529 g/mol. The van der Waals surface area contributed by atoms with Crippen LogP contribution in [0, 0.1) is 11.9 Å². The van der Waals surface area contributed by atoms with Crippen molar-refractivity contribution in [2.45, 2.75) is 12.7 Å². The van der Waals surface area contributed by atoms with Crippen molar-refractivity contribution >= 4 is 50.9 Å². The standard InChI is InChI=1S/C27H15Cl2F4N2O/c28-19-6-3-7-20(29)24(19)14-10-11-15-23(12-14)35(22-9-1-4-16(25(15)22)26(34)36)13-17-18(27(31,32)33)5-2-8-21(17)30/h1-10,12H,13H2,(H2,34,36). The Morgan fingerprint density at radius 1 is 0.972 bits per heavy atom. The lowest BCUT2D eigenvalue weighted by molar-refractivity contribution is -0.138. The molecule has 9 heteroatoms. The van der Waals surface area contributed by atoms with E-state index in [1.165, 1.54) is 10.6 Å². The van der Waals surface area contributed by atoms with Gasteiger partial charge in [0.1, 0.15) is 5.82 Å². The van der Waals surface area contributed by atoms with Gasteiger partial charge in [0.05, 0.1) is 23.1 Å². The minimum Gasteiger partial charge on any atom is -0.366 e. The number of primary amides is 1. The van der Waals surface area contributed by atoms with Crippen molar-refractivity contribution in [3.05, 3.63) is 105 Å². The summed E-state index contributed by atoms with van der Waals surface area (Å²) in [5.41, 5.74) is 6.00. The Balaban J connectivity index is 1.86. The van der Waals surface area contributed by atoms with Gasteiger partial charge in [-0.2, -0.15) is 13.2 Å². The van der Waals surface area contributed by atoms with Crippen LogP contribution >= 0.6 is 23.2 Å². The van der Waals surface area contributed by atoms with E-state index in [9.17, 15) is 22.4 Å². The van der Waals surface area contributed by atoms with Crippen LogP contribution in [0.2, 0.25) is 10.0 Å². The topological polar surface area (TPSA) is 48.0 Å². The Morgan fingerprint density at radius 2 is 1.64 bits per heavy atom. The van der Waals surface area contributed by atoms with Crippen LogP contribution in [0.25, 0.3) is 32.9 Å². The number of benzene rings is 4. The van der Waals surface area contributed by atoms with E-state index < -0.39 is 35.6 Å². The Labute approximate surface area is 212 Å². The van der Waals surface area contributed by atoms with Gasteiger partial charge in [-0.3, -0.25) is 4.79 Å². The molecule has 0 saturated heterocycles. The van der Waals surface area contributed by atoms with Gasteiger partial charge in [0.15, 0.2) is 0 Å². The van der Waals surface area contributed by atoms with E-state index >= 15 is 0 Å². The van der Waals surface area contributed by atoms with Gasteiger partial charge in [-0.15, -0.1) is 0 Å². The highest BCUT2D eigenvalue weighted by atomic mass is 35.5. The maximum atomic E-state index is 14.8. The zero-order chi connectivity index (χ0) is 25.8. The number of fused-ring (bicyclic) bond motifs is 3. The van der Waals surface area contributed by atoms with E-state index in [-0.39, 0.29) is 5.56 Å². The van der Waals surface area contributed by atoms with Crippen LogP contribution in [-0.4, -0.2) is 10.5 Å². The lowest BCUT2D eigenvalue weighted by atomic mass is 10.0. The number of aromatic nitrogens is 1. The summed E-state index contributed by atoms with van der Waals surface area (Å²) in [7, 11) is 0. The lowest BCUT2D eigenvalue weighted by Gasteiger charge is -2.16. The molecule has 1 aromatic heterocycles. The summed E-state index contributed by atoms with van der Waals surface area (Å²) in [6, 6.07) is 19.0. The largest absolute Gasteiger partial charge is 0.416 e. The fraction of sp³-hybridized carbons (Fsp3) is 0.0741. The molecule has 1 amide bonds. The first-order valence-corrected chi connectivity index (χ1v) is 11.4. The summed E-state index contributed by atoms with van der Waals surface area (Å²) in [6.45, 7) is -0.461. The zero-order valence-electron chi connectivity index (χ0n) is 18.3. The number of alkyl halides is 3. The molecule has 0 unspecified atom stereocenters. The van der Waals surface area contributed by atoms with Crippen molar-refractivity contribution in [1.29, 1.82) is 0 Å². The molecule has 2 N–H and O–H groups in total. The predicted octanol–water partition coefficient (Wildman–Crippen LogP) is 7.87. The minimum atomic E-state index is -4.77. The molecule has 5 rings (SSSR count). The first kappa shape index (κ1) is 24.2. The van der Waals surface area contributed by atoms with E-state index in [1.807, 2.05) is 0 Å². The maximum Gasteiger partial charge on any atom is 0.416 e. The zero-order valence-corrected chi connectivity index (χ0v) is 19.8. The fourth-order valence-corrected chi connectivity index (χ4v) is 5.11. The molecule has 3 nitrogen and oxygen atoms in total. The van der Waals surface area contributed by atoms with Crippen LogP contribution in [0.1, 0.15) is 21.5 Å². The Hall–Kier alpha value is -3.55. The number of carbonyl (C=O) groups is 1. The van der Waals surface area contributed by atoms with Crippen molar-refractivity contribution in [3.63, 3.8) is 0 Å². The van der Waals surface area contributed by atoms with Gasteiger partial charge >= 0.3 is 6.18 Å². The van der Waals surface area contributed by atoms with Gasteiger partial charge < -0.3 is 10.3 Å². The summed E-state index contributed by atoms with van der Waals surface area (Å²) in [4.78, 5) is 12.2. The maximum absolute atomic E-state index is 14.8. The van der Waals surface area contributed by atoms with Gasteiger partial charge in [0, 0.05) is 37.5 Å². The fourth-order valence-electron chi connectivity index (χ4n) is 4.49. The molecular weight excluding hydrogens is 515 g/mol. The summed E-state index contributed by atoms with van der Waals surface area (Å²) in [5.74, 6) is -1.71. The van der Waals surface area contributed by atoms with Crippen molar-refractivity contribution in [3.8, 4) is 11.1 Å². The Bertz CT molecular complexity index is 1650. The third kappa shape index (κ3) is 3.98. The molecule has 4 aromatic carbocycles. The molecule has 0 bridgehead atoms. The van der Waals surface area contributed by atoms with Crippen LogP contribution in [0.4, 0.5) is 17.6 Å². The molecule has 181 valence electrons. The van der Waals surface area contributed by atoms with Crippen LogP contribution in [-0.2, 0) is 12.7 Å². The van der Waals surface area contributed by atoms with Crippen LogP contribution in [0.15, 0.2) is 66.7 Å². The quantitative estimate of drug-likeness (QED) is 0.236. The van der Waals surface area contributed by atoms with Crippen molar-refractivity contribution < 1.29 is 22.4 Å². The number of nitrogens with zero attached hydrogens (tertiary/aromatic N) is 1.